The molecule has 1 aromatic heterocycles. The van der Waals surface area contributed by atoms with E-state index in [4.69, 9.17) is 12.2 Å². The van der Waals surface area contributed by atoms with Crippen molar-refractivity contribution in [1.82, 2.24) is 15.2 Å². The number of hydrogen-bond acceptors (Lipinski definition) is 3. The van der Waals surface area contributed by atoms with E-state index in [9.17, 15) is 0 Å². The van der Waals surface area contributed by atoms with Crippen LogP contribution in [-0.2, 0) is 0 Å². The second-order valence-corrected chi connectivity index (χ2v) is 1.89. The molecule has 5 heteroatoms. The fourth-order valence-electron chi connectivity index (χ4n) is 0.617. The summed E-state index contributed by atoms with van der Waals surface area (Å²) in [6, 6.07) is -0.215. The molecular weight excluding hydrogens is 164 g/mol. The normalized spacial score (nSPS) is 11.3. The Labute approximate surface area is 71.0 Å². The van der Waals surface area contributed by atoms with Gasteiger partial charge in [-0.05, 0) is 0 Å². The van der Waals surface area contributed by atoms with Crippen LogP contribution in [0.3, 0.4) is 0 Å². The molecule has 0 unspecified atom stereocenters. The molecule has 0 bridgehead atoms. The van der Waals surface area contributed by atoms with Crippen molar-refractivity contribution >= 4 is 12.4 Å². The predicted molar refractivity (Wildman–Crippen MR) is 44.0 cm³/mol. The average molecular weight is 173 g/mol. The van der Waals surface area contributed by atoms with Crippen molar-refractivity contribution in [1.29, 1.82) is 0 Å². The maximum absolute atomic E-state index is 5.57. The first-order chi connectivity index (χ1) is 4.84. The van der Waals surface area contributed by atoms with E-state index in [0.717, 1.165) is 0 Å². The standard InChI is InChI=1S/C6H8N4.ClH/c1-2-3-5(7)6-8-4-9-10-6;/h1,4-5H,3,7H2,(H,8,9,10);1H/t5-;/m0./s1. The molecule has 60 valence electrons. The fourth-order valence-corrected chi connectivity index (χ4v) is 0.617. The van der Waals surface area contributed by atoms with Gasteiger partial charge in [0.1, 0.15) is 12.2 Å². The van der Waals surface area contributed by atoms with E-state index in [1.54, 1.807) is 0 Å². The molecule has 0 aliphatic heterocycles. The minimum Gasteiger partial charge on any atom is -0.321 e. The minimum atomic E-state index is -0.215. The molecule has 4 nitrogen and oxygen atoms in total. The number of nitrogens with two attached hydrogens (primary N) is 1. The molecular formula is C6H9ClN4. The van der Waals surface area contributed by atoms with Crippen molar-refractivity contribution in [2.24, 2.45) is 5.73 Å². The number of hydrogen-bond donors (Lipinski definition) is 2. The molecule has 0 aliphatic carbocycles. The maximum Gasteiger partial charge on any atom is 0.142 e. The topological polar surface area (TPSA) is 67.6 Å². The summed E-state index contributed by atoms with van der Waals surface area (Å²) in [6.07, 6.45) is 6.93. The van der Waals surface area contributed by atoms with Crippen LogP contribution in [-0.4, -0.2) is 15.2 Å². The number of terminal acetylenes is 1. The first-order valence-electron chi connectivity index (χ1n) is 2.89. The molecule has 1 aromatic rings. The first-order valence-corrected chi connectivity index (χ1v) is 2.89. The Morgan fingerprint density at radius 1 is 1.82 bits per heavy atom. The molecule has 0 aliphatic rings. The van der Waals surface area contributed by atoms with Gasteiger partial charge in [0.2, 0.25) is 0 Å². The third kappa shape index (κ3) is 2.58. The fraction of sp³-hybridized carbons (Fsp3) is 0.333. The van der Waals surface area contributed by atoms with E-state index < -0.39 is 0 Å². The molecule has 1 atom stereocenters. The van der Waals surface area contributed by atoms with Gasteiger partial charge in [-0.3, -0.25) is 5.10 Å². The van der Waals surface area contributed by atoms with Gasteiger partial charge < -0.3 is 5.73 Å². The number of halogens is 1. The van der Waals surface area contributed by atoms with Crippen LogP contribution in [0.15, 0.2) is 6.33 Å². The predicted octanol–water partition coefficient (Wildman–Crippen LogP) is 0.250. The Hall–Kier alpha value is -1.05. The van der Waals surface area contributed by atoms with E-state index in [-0.39, 0.29) is 18.4 Å². The van der Waals surface area contributed by atoms with Crippen molar-refractivity contribution in [2.45, 2.75) is 12.5 Å². The molecule has 0 amide bonds. The lowest BCUT2D eigenvalue weighted by molar-refractivity contribution is 0.696. The summed E-state index contributed by atoms with van der Waals surface area (Å²) in [5.74, 6) is 3.08. The smallest absolute Gasteiger partial charge is 0.142 e. The third-order valence-electron chi connectivity index (χ3n) is 1.12. The van der Waals surface area contributed by atoms with Crippen LogP contribution in [0.1, 0.15) is 18.3 Å². The van der Waals surface area contributed by atoms with Crippen molar-refractivity contribution in [2.75, 3.05) is 0 Å². The number of nitrogens with zero attached hydrogens (tertiary/aromatic N) is 2. The highest BCUT2D eigenvalue weighted by Crippen LogP contribution is 2.04. The maximum atomic E-state index is 5.57. The molecule has 0 fully saturated rings. The molecule has 1 heterocycles. The third-order valence-corrected chi connectivity index (χ3v) is 1.12. The quantitative estimate of drug-likeness (QED) is 0.629. The Kier molecular flexibility index (Phi) is 4.27. The zero-order valence-corrected chi connectivity index (χ0v) is 6.64. The van der Waals surface area contributed by atoms with Crippen LogP contribution in [0, 0.1) is 12.3 Å². The van der Waals surface area contributed by atoms with E-state index >= 15 is 0 Å². The summed E-state index contributed by atoms with van der Waals surface area (Å²) in [4.78, 5) is 3.85. The molecule has 0 spiro atoms. The van der Waals surface area contributed by atoms with Gasteiger partial charge in [-0.2, -0.15) is 5.10 Å². The van der Waals surface area contributed by atoms with Gasteiger partial charge in [0.25, 0.3) is 0 Å². The van der Waals surface area contributed by atoms with Gasteiger partial charge in [-0.1, -0.05) is 0 Å². The Balaban J connectivity index is 0.000001000. The van der Waals surface area contributed by atoms with Gasteiger partial charge in [-0.25, -0.2) is 4.98 Å². The minimum absolute atomic E-state index is 0. The zero-order chi connectivity index (χ0) is 7.40. The first kappa shape index (κ1) is 9.95. The molecule has 0 aromatic carbocycles. The summed E-state index contributed by atoms with van der Waals surface area (Å²) >= 11 is 0. The van der Waals surface area contributed by atoms with Crippen LogP contribution in [0.4, 0.5) is 0 Å². The lowest BCUT2D eigenvalue weighted by Crippen LogP contribution is -2.10. The van der Waals surface area contributed by atoms with Crippen LogP contribution in [0.25, 0.3) is 0 Å². The van der Waals surface area contributed by atoms with Gasteiger partial charge in [0.05, 0.1) is 6.04 Å². The molecule has 0 radical (unpaired) electrons. The van der Waals surface area contributed by atoms with Crippen LogP contribution in [0.2, 0.25) is 0 Å². The highest BCUT2D eigenvalue weighted by molar-refractivity contribution is 5.85. The zero-order valence-electron chi connectivity index (χ0n) is 5.82. The summed E-state index contributed by atoms with van der Waals surface area (Å²) in [7, 11) is 0. The lowest BCUT2D eigenvalue weighted by atomic mass is 10.2. The van der Waals surface area contributed by atoms with Gasteiger partial charge in [-0.15, -0.1) is 24.8 Å². The number of rotatable bonds is 2. The number of aromatic amines is 1. The van der Waals surface area contributed by atoms with Crippen LogP contribution in [0.5, 0.6) is 0 Å². The van der Waals surface area contributed by atoms with Gasteiger partial charge in [0.15, 0.2) is 0 Å². The Morgan fingerprint density at radius 2 is 2.55 bits per heavy atom. The van der Waals surface area contributed by atoms with Crippen molar-refractivity contribution in [3.63, 3.8) is 0 Å². The molecule has 0 saturated heterocycles. The Morgan fingerprint density at radius 3 is 3.00 bits per heavy atom. The SMILES string of the molecule is C#CC[C@H](N)c1ncn[nH]1.Cl. The average Bonchev–Trinajstić information content (AvgIpc) is 2.38. The highest BCUT2D eigenvalue weighted by Gasteiger charge is 2.05. The van der Waals surface area contributed by atoms with Gasteiger partial charge >= 0.3 is 0 Å². The Bertz CT molecular complexity index is 225. The molecule has 11 heavy (non-hydrogen) atoms. The van der Waals surface area contributed by atoms with Crippen LogP contribution < -0.4 is 5.73 Å². The highest BCUT2D eigenvalue weighted by atomic mass is 35.5. The van der Waals surface area contributed by atoms with E-state index in [0.29, 0.717) is 12.2 Å². The van der Waals surface area contributed by atoms with E-state index in [2.05, 4.69) is 21.1 Å². The monoisotopic (exact) mass is 172 g/mol. The molecule has 1 rings (SSSR count). The number of nitrogens with one attached hydrogen (secondary N) is 1. The van der Waals surface area contributed by atoms with E-state index in [1.165, 1.54) is 6.33 Å². The van der Waals surface area contributed by atoms with Crippen LogP contribution >= 0.6 is 12.4 Å². The summed E-state index contributed by atoms with van der Waals surface area (Å²) in [5.41, 5.74) is 5.57. The molecule has 0 saturated carbocycles. The van der Waals surface area contributed by atoms with E-state index in [1.807, 2.05) is 0 Å². The summed E-state index contributed by atoms with van der Waals surface area (Å²) < 4.78 is 0. The van der Waals surface area contributed by atoms with Crippen molar-refractivity contribution < 1.29 is 0 Å². The number of aromatic nitrogens is 3. The molecule has 3 N–H and O–H groups in total. The lowest BCUT2D eigenvalue weighted by Gasteiger charge is -2.00. The summed E-state index contributed by atoms with van der Waals surface area (Å²) in [6.45, 7) is 0. The number of H-pyrrole nitrogens is 1. The van der Waals surface area contributed by atoms with Gasteiger partial charge in [0, 0.05) is 6.42 Å². The summed E-state index contributed by atoms with van der Waals surface area (Å²) in [5, 5.41) is 6.28. The van der Waals surface area contributed by atoms with Crippen molar-refractivity contribution in [3.05, 3.63) is 12.2 Å². The largest absolute Gasteiger partial charge is 0.321 e. The second-order valence-electron chi connectivity index (χ2n) is 1.89. The second kappa shape index (κ2) is 4.72. The van der Waals surface area contributed by atoms with Crippen molar-refractivity contribution in [3.8, 4) is 12.3 Å².